The van der Waals surface area contributed by atoms with Crippen LogP contribution in [0.3, 0.4) is 0 Å². The van der Waals surface area contributed by atoms with Crippen molar-refractivity contribution in [2.45, 2.75) is 51.6 Å². The van der Waals surface area contributed by atoms with Crippen molar-refractivity contribution in [1.29, 1.82) is 0 Å². The van der Waals surface area contributed by atoms with Crippen molar-refractivity contribution in [2.24, 2.45) is 0 Å². The number of hydrogen-bond acceptors (Lipinski definition) is 2. The predicted octanol–water partition coefficient (Wildman–Crippen LogP) is 3.07. The van der Waals surface area contributed by atoms with Crippen LogP contribution in [0.5, 0.6) is 0 Å². The third-order valence-electron chi connectivity index (χ3n) is 2.02. The molecule has 0 aliphatic heterocycles. The molecule has 74 valence electrons. The van der Waals surface area contributed by atoms with Gasteiger partial charge in [0.2, 0.25) is 0 Å². The first-order valence-corrected chi connectivity index (χ1v) is 6.23. The Bertz CT molecular complexity index is 102. The molecule has 0 heterocycles. The first kappa shape index (κ1) is 12.3. The highest BCUT2D eigenvalue weighted by Crippen LogP contribution is 2.18. The molecule has 1 atom stereocenters. The molecule has 0 radical (unpaired) electrons. The van der Waals surface area contributed by atoms with Crippen LogP contribution in [0.2, 0.25) is 0 Å². The molecule has 1 nitrogen and oxygen atoms in total. The summed E-state index contributed by atoms with van der Waals surface area (Å²) in [5.41, 5.74) is -0.437. The fourth-order valence-electron chi connectivity index (χ4n) is 1.32. The highest BCUT2D eigenvalue weighted by molar-refractivity contribution is 7.98. The lowest BCUT2D eigenvalue weighted by Crippen LogP contribution is -2.26. The van der Waals surface area contributed by atoms with E-state index in [0.717, 1.165) is 12.2 Å². The molecule has 2 heteroatoms. The second-order valence-electron chi connectivity index (χ2n) is 3.74. The molecule has 0 saturated heterocycles. The van der Waals surface area contributed by atoms with E-state index in [0.29, 0.717) is 0 Å². The Kier molecular flexibility index (Phi) is 6.96. The summed E-state index contributed by atoms with van der Waals surface area (Å²) in [7, 11) is 0. The minimum Gasteiger partial charge on any atom is -0.389 e. The number of aliphatic hydroxyl groups is 1. The molecule has 0 amide bonds. The average Bonchev–Trinajstić information content (AvgIpc) is 1.98. The Morgan fingerprint density at radius 1 is 1.25 bits per heavy atom. The Morgan fingerprint density at radius 3 is 2.42 bits per heavy atom. The molecular weight excluding hydrogens is 168 g/mol. The first-order valence-electron chi connectivity index (χ1n) is 4.83. The van der Waals surface area contributed by atoms with Crippen LogP contribution in [-0.4, -0.2) is 22.7 Å². The van der Waals surface area contributed by atoms with Gasteiger partial charge in [0.1, 0.15) is 0 Å². The molecule has 0 aromatic carbocycles. The van der Waals surface area contributed by atoms with Crippen molar-refractivity contribution < 1.29 is 5.11 Å². The van der Waals surface area contributed by atoms with Gasteiger partial charge in [-0.05, 0) is 19.6 Å². The van der Waals surface area contributed by atoms with Crippen LogP contribution in [0, 0.1) is 0 Å². The molecule has 1 N–H and O–H groups in total. The van der Waals surface area contributed by atoms with Crippen LogP contribution in [0.4, 0.5) is 0 Å². The van der Waals surface area contributed by atoms with Crippen LogP contribution in [0.25, 0.3) is 0 Å². The maximum absolute atomic E-state index is 9.79. The fourth-order valence-corrected chi connectivity index (χ4v) is 2.08. The molecule has 0 fully saturated rings. The lowest BCUT2D eigenvalue weighted by atomic mass is 10.0. The van der Waals surface area contributed by atoms with Gasteiger partial charge < -0.3 is 5.11 Å². The molecule has 12 heavy (non-hydrogen) atoms. The summed E-state index contributed by atoms with van der Waals surface area (Å²) >= 11 is 1.72. The zero-order chi connectivity index (χ0) is 9.45. The van der Waals surface area contributed by atoms with E-state index in [1.54, 1.807) is 11.8 Å². The fraction of sp³-hybridized carbons (Fsp3) is 1.00. The van der Waals surface area contributed by atoms with Crippen LogP contribution >= 0.6 is 11.8 Å². The molecule has 0 bridgehead atoms. The summed E-state index contributed by atoms with van der Waals surface area (Å²) < 4.78 is 0. The van der Waals surface area contributed by atoms with Gasteiger partial charge in [-0.15, -0.1) is 0 Å². The van der Waals surface area contributed by atoms with Gasteiger partial charge in [-0.2, -0.15) is 11.8 Å². The standard InChI is InChI=1S/C10H22OS/c1-4-5-6-7-8-10(2,11)9-12-3/h11H,4-9H2,1-3H3. The van der Waals surface area contributed by atoms with E-state index in [9.17, 15) is 5.11 Å². The molecule has 0 aromatic heterocycles. The first-order chi connectivity index (χ1) is 5.62. The summed E-state index contributed by atoms with van der Waals surface area (Å²) in [6, 6.07) is 0. The quantitative estimate of drug-likeness (QED) is 0.623. The lowest BCUT2D eigenvalue weighted by molar-refractivity contribution is 0.0731. The van der Waals surface area contributed by atoms with Crippen molar-refractivity contribution >= 4 is 11.8 Å². The van der Waals surface area contributed by atoms with Crippen LogP contribution in [0.1, 0.15) is 46.0 Å². The molecule has 0 saturated carbocycles. The van der Waals surface area contributed by atoms with Gasteiger partial charge in [0.05, 0.1) is 5.60 Å². The van der Waals surface area contributed by atoms with E-state index in [1.165, 1.54) is 25.7 Å². The van der Waals surface area contributed by atoms with Gasteiger partial charge in [-0.3, -0.25) is 0 Å². The monoisotopic (exact) mass is 190 g/mol. The third kappa shape index (κ3) is 6.99. The Hall–Kier alpha value is 0.310. The summed E-state index contributed by atoms with van der Waals surface area (Å²) in [5, 5.41) is 9.79. The zero-order valence-corrected chi connectivity index (χ0v) is 9.41. The van der Waals surface area contributed by atoms with E-state index in [2.05, 4.69) is 6.92 Å². The van der Waals surface area contributed by atoms with Crippen molar-refractivity contribution in [3.05, 3.63) is 0 Å². The molecule has 0 aliphatic rings. The van der Waals surface area contributed by atoms with Crippen molar-refractivity contribution in [3.63, 3.8) is 0 Å². The second-order valence-corrected chi connectivity index (χ2v) is 4.61. The Labute approximate surface area is 80.9 Å². The molecular formula is C10H22OS. The maximum atomic E-state index is 9.79. The van der Waals surface area contributed by atoms with Crippen molar-refractivity contribution in [3.8, 4) is 0 Å². The van der Waals surface area contributed by atoms with Gasteiger partial charge in [-0.25, -0.2) is 0 Å². The lowest BCUT2D eigenvalue weighted by Gasteiger charge is -2.21. The van der Waals surface area contributed by atoms with Crippen LogP contribution in [-0.2, 0) is 0 Å². The average molecular weight is 190 g/mol. The second kappa shape index (κ2) is 6.79. The van der Waals surface area contributed by atoms with Gasteiger partial charge in [0, 0.05) is 5.75 Å². The normalized spacial score (nSPS) is 16.0. The molecule has 0 aliphatic carbocycles. The van der Waals surface area contributed by atoms with Gasteiger partial charge >= 0.3 is 0 Å². The topological polar surface area (TPSA) is 20.2 Å². The SMILES string of the molecule is CCCCCCC(C)(O)CSC. The largest absolute Gasteiger partial charge is 0.389 e. The van der Waals surface area contributed by atoms with Gasteiger partial charge in [0.15, 0.2) is 0 Å². The zero-order valence-electron chi connectivity index (χ0n) is 8.60. The van der Waals surface area contributed by atoms with Crippen molar-refractivity contribution in [1.82, 2.24) is 0 Å². The van der Waals surface area contributed by atoms with E-state index >= 15 is 0 Å². The highest BCUT2D eigenvalue weighted by atomic mass is 32.2. The van der Waals surface area contributed by atoms with Crippen molar-refractivity contribution in [2.75, 3.05) is 12.0 Å². The van der Waals surface area contributed by atoms with Crippen LogP contribution < -0.4 is 0 Å². The maximum Gasteiger partial charge on any atom is 0.0709 e. The number of unbranched alkanes of at least 4 members (excludes halogenated alkanes) is 3. The summed E-state index contributed by atoms with van der Waals surface area (Å²) in [4.78, 5) is 0. The third-order valence-corrected chi connectivity index (χ3v) is 2.93. The summed E-state index contributed by atoms with van der Waals surface area (Å²) in [6.45, 7) is 4.15. The van der Waals surface area contributed by atoms with E-state index in [1.807, 2.05) is 13.2 Å². The summed E-state index contributed by atoms with van der Waals surface area (Å²) in [6.07, 6.45) is 8.00. The number of rotatable bonds is 7. The Balaban J connectivity index is 3.33. The van der Waals surface area contributed by atoms with Gasteiger partial charge in [-0.1, -0.05) is 32.6 Å². The van der Waals surface area contributed by atoms with E-state index < -0.39 is 5.60 Å². The molecule has 1 unspecified atom stereocenters. The Morgan fingerprint density at radius 2 is 1.92 bits per heavy atom. The van der Waals surface area contributed by atoms with E-state index in [-0.39, 0.29) is 0 Å². The number of hydrogen-bond donors (Lipinski definition) is 1. The molecule has 0 aromatic rings. The van der Waals surface area contributed by atoms with Gasteiger partial charge in [0.25, 0.3) is 0 Å². The highest BCUT2D eigenvalue weighted by Gasteiger charge is 2.18. The summed E-state index contributed by atoms with van der Waals surface area (Å²) in [5.74, 6) is 0.860. The molecule has 0 rings (SSSR count). The smallest absolute Gasteiger partial charge is 0.0709 e. The van der Waals surface area contributed by atoms with E-state index in [4.69, 9.17) is 0 Å². The minimum atomic E-state index is -0.437. The minimum absolute atomic E-state index is 0.437. The predicted molar refractivity (Wildman–Crippen MR) is 57.8 cm³/mol. The number of thioether (sulfide) groups is 1. The molecule has 0 spiro atoms. The van der Waals surface area contributed by atoms with Crippen LogP contribution in [0.15, 0.2) is 0 Å².